The molecular weight excluding hydrogens is 286 g/mol. The number of rotatable bonds is 3. The lowest BCUT2D eigenvalue weighted by molar-refractivity contribution is 0.0700. The van der Waals surface area contributed by atoms with Crippen molar-refractivity contribution >= 4 is 17.2 Å². The van der Waals surface area contributed by atoms with Crippen molar-refractivity contribution in [3.05, 3.63) is 34.1 Å². The van der Waals surface area contributed by atoms with E-state index >= 15 is 0 Å². The number of likely N-dealkylation sites (tertiary alicyclic amines) is 1. The first kappa shape index (κ1) is 14.3. The summed E-state index contributed by atoms with van der Waals surface area (Å²) in [5.74, 6) is 1.94. The molecule has 2 aromatic rings. The molecule has 0 aromatic carbocycles. The number of carbonyl (C=O) groups excluding carboxylic acids is 1. The van der Waals surface area contributed by atoms with E-state index in [1.165, 1.54) is 11.3 Å². The van der Waals surface area contributed by atoms with Gasteiger partial charge in [0.2, 0.25) is 5.89 Å². The fraction of sp³-hybridized carbons (Fsp3) is 0.533. The molecule has 0 spiro atoms. The van der Waals surface area contributed by atoms with E-state index in [1.54, 1.807) is 0 Å². The minimum absolute atomic E-state index is 0.110. The van der Waals surface area contributed by atoms with Crippen LogP contribution in [0.5, 0.6) is 0 Å². The molecule has 6 heteroatoms. The zero-order valence-corrected chi connectivity index (χ0v) is 13.1. The van der Waals surface area contributed by atoms with Gasteiger partial charge in [0, 0.05) is 19.0 Å². The summed E-state index contributed by atoms with van der Waals surface area (Å²) in [5, 5.41) is 5.96. The standard InChI is InChI=1S/C15H19N3O2S/c1-10(2)13-16-14(20-17-13)11-5-3-7-18(9-11)15(19)12-6-4-8-21-12/h4,6,8,10-11H,3,5,7,9H2,1-2H3/t11-/m1/s1. The molecule has 3 heterocycles. The zero-order chi connectivity index (χ0) is 14.8. The van der Waals surface area contributed by atoms with Crippen molar-refractivity contribution < 1.29 is 9.32 Å². The van der Waals surface area contributed by atoms with Gasteiger partial charge in [-0.15, -0.1) is 11.3 Å². The average Bonchev–Trinajstić information content (AvgIpc) is 3.18. The van der Waals surface area contributed by atoms with Crippen LogP contribution in [-0.4, -0.2) is 34.0 Å². The summed E-state index contributed by atoms with van der Waals surface area (Å²) in [4.78, 5) is 19.6. The number of thiophene rings is 1. The molecule has 0 saturated carbocycles. The second-order valence-electron chi connectivity index (χ2n) is 5.71. The van der Waals surface area contributed by atoms with Crippen LogP contribution < -0.4 is 0 Å². The zero-order valence-electron chi connectivity index (χ0n) is 12.3. The van der Waals surface area contributed by atoms with Crippen LogP contribution in [0, 0.1) is 0 Å². The molecule has 112 valence electrons. The van der Waals surface area contributed by atoms with Crippen molar-refractivity contribution in [2.75, 3.05) is 13.1 Å². The largest absolute Gasteiger partial charge is 0.339 e. The summed E-state index contributed by atoms with van der Waals surface area (Å²) in [6.07, 6.45) is 1.97. The van der Waals surface area contributed by atoms with Gasteiger partial charge in [-0.05, 0) is 24.3 Å². The number of amides is 1. The number of hydrogen-bond acceptors (Lipinski definition) is 5. The predicted molar refractivity (Wildman–Crippen MR) is 80.6 cm³/mol. The van der Waals surface area contributed by atoms with E-state index < -0.39 is 0 Å². The Morgan fingerprint density at radius 1 is 1.52 bits per heavy atom. The van der Waals surface area contributed by atoms with Crippen molar-refractivity contribution in [1.29, 1.82) is 0 Å². The van der Waals surface area contributed by atoms with Gasteiger partial charge in [0.15, 0.2) is 5.82 Å². The first-order chi connectivity index (χ1) is 10.1. The number of hydrogen-bond donors (Lipinski definition) is 0. The van der Waals surface area contributed by atoms with Gasteiger partial charge in [0.25, 0.3) is 5.91 Å². The van der Waals surface area contributed by atoms with E-state index in [-0.39, 0.29) is 17.7 Å². The normalized spacial score (nSPS) is 19.2. The first-order valence-electron chi connectivity index (χ1n) is 7.31. The average molecular weight is 305 g/mol. The quantitative estimate of drug-likeness (QED) is 0.873. The van der Waals surface area contributed by atoms with Gasteiger partial charge >= 0.3 is 0 Å². The molecule has 2 aromatic heterocycles. The Bertz CT molecular complexity index is 606. The summed E-state index contributed by atoms with van der Waals surface area (Å²) in [5.41, 5.74) is 0. The van der Waals surface area contributed by atoms with E-state index in [0.29, 0.717) is 12.4 Å². The van der Waals surface area contributed by atoms with Crippen molar-refractivity contribution in [3.8, 4) is 0 Å². The molecule has 1 aliphatic heterocycles. The maximum absolute atomic E-state index is 12.4. The fourth-order valence-corrected chi connectivity index (χ4v) is 3.26. The molecule has 0 unspecified atom stereocenters. The fourth-order valence-electron chi connectivity index (χ4n) is 2.57. The van der Waals surface area contributed by atoms with Gasteiger partial charge in [0.05, 0.1) is 10.8 Å². The Balaban J connectivity index is 1.72. The van der Waals surface area contributed by atoms with Crippen LogP contribution in [0.15, 0.2) is 22.0 Å². The second kappa shape index (κ2) is 5.97. The molecular formula is C15H19N3O2S. The van der Waals surface area contributed by atoms with Gasteiger partial charge in [-0.1, -0.05) is 25.1 Å². The van der Waals surface area contributed by atoms with E-state index in [2.05, 4.69) is 10.1 Å². The minimum Gasteiger partial charge on any atom is -0.339 e. The van der Waals surface area contributed by atoms with Crippen LogP contribution >= 0.6 is 11.3 Å². The lowest BCUT2D eigenvalue weighted by Crippen LogP contribution is -2.38. The van der Waals surface area contributed by atoms with Crippen molar-refractivity contribution in [2.45, 2.75) is 38.5 Å². The molecule has 0 bridgehead atoms. The van der Waals surface area contributed by atoms with Crippen molar-refractivity contribution in [2.24, 2.45) is 0 Å². The monoisotopic (exact) mass is 305 g/mol. The molecule has 1 aliphatic rings. The smallest absolute Gasteiger partial charge is 0.263 e. The summed E-state index contributed by atoms with van der Waals surface area (Å²) in [6.45, 7) is 5.55. The van der Waals surface area contributed by atoms with Crippen molar-refractivity contribution in [3.63, 3.8) is 0 Å². The molecule has 0 N–H and O–H groups in total. The third-order valence-electron chi connectivity index (χ3n) is 3.76. The lowest BCUT2D eigenvalue weighted by atomic mass is 9.98. The predicted octanol–water partition coefficient (Wildman–Crippen LogP) is 3.27. The van der Waals surface area contributed by atoms with Crippen LogP contribution in [0.4, 0.5) is 0 Å². The van der Waals surface area contributed by atoms with Gasteiger partial charge in [-0.25, -0.2) is 0 Å². The summed E-state index contributed by atoms with van der Waals surface area (Å²) >= 11 is 1.49. The van der Waals surface area contributed by atoms with Crippen LogP contribution in [0.3, 0.4) is 0 Å². The highest BCUT2D eigenvalue weighted by atomic mass is 32.1. The Kier molecular flexibility index (Phi) is 4.05. The molecule has 0 aliphatic carbocycles. The van der Waals surface area contributed by atoms with E-state index in [1.807, 2.05) is 36.3 Å². The summed E-state index contributed by atoms with van der Waals surface area (Å²) < 4.78 is 5.39. The number of aromatic nitrogens is 2. The molecule has 21 heavy (non-hydrogen) atoms. The highest BCUT2D eigenvalue weighted by Crippen LogP contribution is 2.28. The molecule has 3 rings (SSSR count). The molecule has 1 fully saturated rings. The van der Waals surface area contributed by atoms with Gasteiger partial charge in [-0.2, -0.15) is 4.98 Å². The van der Waals surface area contributed by atoms with Gasteiger partial charge < -0.3 is 9.42 Å². The van der Waals surface area contributed by atoms with Gasteiger partial charge in [0.1, 0.15) is 0 Å². The van der Waals surface area contributed by atoms with Gasteiger partial charge in [-0.3, -0.25) is 4.79 Å². The highest BCUT2D eigenvalue weighted by molar-refractivity contribution is 7.12. The number of carbonyl (C=O) groups is 1. The Hall–Kier alpha value is -1.69. The van der Waals surface area contributed by atoms with Crippen LogP contribution in [-0.2, 0) is 0 Å². The lowest BCUT2D eigenvalue weighted by Gasteiger charge is -2.30. The topological polar surface area (TPSA) is 59.2 Å². The van der Waals surface area contributed by atoms with E-state index in [9.17, 15) is 4.79 Å². The molecule has 1 atom stereocenters. The molecule has 1 saturated heterocycles. The number of piperidine rings is 1. The third-order valence-corrected chi connectivity index (χ3v) is 4.62. The maximum atomic E-state index is 12.4. The minimum atomic E-state index is 0.110. The Labute approximate surface area is 128 Å². The third kappa shape index (κ3) is 3.00. The van der Waals surface area contributed by atoms with Crippen LogP contribution in [0.1, 0.15) is 59.9 Å². The summed E-state index contributed by atoms with van der Waals surface area (Å²) in [7, 11) is 0. The van der Waals surface area contributed by atoms with E-state index in [0.717, 1.165) is 30.1 Å². The Morgan fingerprint density at radius 3 is 3.05 bits per heavy atom. The second-order valence-corrected chi connectivity index (χ2v) is 6.66. The van der Waals surface area contributed by atoms with E-state index in [4.69, 9.17) is 4.52 Å². The highest BCUT2D eigenvalue weighted by Gasteiger charge is 2.29. The maximum Gasteiger partial charge on any atom is 0.263 e. The van der Waals surface area contributed by atoms with Crippen LogP contribution in [0.25, 0.3) is 0 Å². The number of nitrogens with zero attached hydrogens (tertiary/aromatic N) is 3. The van der Waals surface area contributed by atoms with Crippen LogP contribution in [0.2, 0.25) is 0 Å². The Morgan fingerprint density at radius 2 is 2.38 bits per heavy atom. The van der Waals surface area contributed by atoms with Crippen molar-refractivity contribution in [1.82, 2.24) is 15.0 Å². The molecule has 1 amide bonds. The molecule has 0 radical (unpaired) electrons. The summed E-state index contributed by atoms with van der Waals surface area (Å²) in [6, 6.07) is 3.78. The SMILES string of the molecule is CC(C)c1noc([C@@H]2CCCN(C(=O)c3cccs3)C2)n1. The first-order valence-corrected chi connectivity index (χ1v) is 8.19. The molecule has 5 nitrogen and oxygen atoms in total.